The summed E-state index contributed by atoms with van der Waals surface area (Å²) in [5.41, 5.74) is 0.746. The Morgan fingerprint density at radius 3 is 2.76 bits per heavy atom. The highest BCUT2D eigenvalue weighted by atomic mass is 16.5. The van der Waals surface area contributed by atoms with Crippen molar-refractivity contribution in [1.82, 2.24) is 9.88 Å². The van der Waals surface area contributed by atoms with Gasteiger partial charge in [0.1, 0.15) is 5.82 Å². The molecule has 2 fully saturated rings. The number of pyridine rings is 1. The molecule has 0 radical (unpaired) electrons. The lowest BCUT2D eigenvalue weighted by Gasteiger charge is -2.27. The summed E-state index contributed by atoms with van der Waals surface area (Å²) in [6.45, 7) is 5.97. The van der Waals surface area contributed by atoms with E-state index in [9.17, 15) is 4.79 Å². The van der Waals surface area contributed by atoms with Crippen LogP contribution in [0.15, 0.2) is 18.3 Å². The van der Waals surface area contributed by atoms with Crippen molar-refractivity contribution in [2.75, 3.05) is 43.1 Å². The van der Waals surface area contributed by atoms with Crippen LogP contribution in [-0.2, 0) is 4.74 Å². The maximum atomic E-state index is 12.2. The quantitative estimate of drug-likeness (QED) is 0.920. The van der Waals surface area contributed by atoms with Crippen LogP contribution in [0.1, 0.15) is 19.8 Å². The lowest BCUT2D eigenvalue weighted by atomic mass is 10.3. The second-order valence-corrected chi connectivity index (χ2v) is 5.45. The van der Waals surface area contributed by atoms with E-state index in [1.54, 1.807) is 6.20 Å². The van der Waals surface area contributed by atoms with Crippen molar-refractivity contribution in [3.63, 3.8) is 0 Å². The molecule has 1 N–H and O–H groups in total. The summed E-state index contributed by atoms with van der Waals surface area (Å²) in [5.74, 6) is 0.936. The summed E-state index contributed by atoms with van der Waals surface area (Å²) in [6.07, 6.45) is 3.97. The van der Waals surface area contributed by atoms with Gasteiger partial charge in [0.2, 0.25) is 0 Å². The molecule has 21 heavy (non-hydrogen) atoms. The number of urea groups is 1. The topological polar surface area (TPSA) is 57.7 Å². The van der Waals surface area contributed by atoms with E-state index in [1.165, 1.54) is 0 Å². The largest absolute Gasteiger partial charge is 0.378 e. The Kier molecular flexibility index (Phi) is 4.24. The number of aromatic nitrogens is 1. The van der Waals surface area contributed by atoms with E-state index in [0.29, 0.717) is 6.04 Å². The lowest BCUT2D eigenvalue weighted by molar-refractivity contribution is 0.122. The molecule has 0 spiro atoms. The van der Waals surface area contributed by atoms with Crippen LogP contribution in [0, 0.1) is 0 Å². The lowest BCUT2D eigenvalue weighted by Crippen LogP contribution is -2.37. The van der Waals surface area contributed by atoms with E-state index in [1.807, 2.05) is 24.0 Å². The Morgan fingerprint density at radius 2 is 2.19 bits per heavy atom. The first-order valence-electron chi connectivity index (χ1n) is 7.64. The molecule has 1 saturated carbocycles. The fourth-order valence-electron chi connectivity index (χ4n) is 2.59. The Hall–Kier alpha value is -1.82. The minimum atomic E-state index is -0.0269. The molecule has 1 saturated heterocycles. The van der Waals surface area contributed by atoms with E-state index < -0.39 is 0 Å². The Morgan fingerprint density at radius 1 is 1.43 bits per heavy atom. The van der Waals surface area contributed by atoms with E-state index >= 15 is 0 Å². The molecule has 1 aliphatic carbocycles. The Labute approximate surface area is 125 Å². The monoisotopic (exact) mass is 290 g/mol. The van der Waals surface area contributed by atoms with Crippen LogP contribution in [0.25, 0.3) is 0 Å². The highest BCUT2D eigenvalue weighted by molar-refractivity contribution is 5.89. The average Bonchev–Trinajstić information content (AvgIpc) is 3.34. The van der Waals surface area contributed by atoms with Gasteiger partial charge in [-0.15, -0.1) is 0 Å². The highest BCUT2D eigenvalue weighted by Crippen LogP contribution is 2.27. The number of hydrogen-bond donors (Lipinski definition) is 1. The number of carbonyl (C=O) groups is 1. The maximum Gasteiger partial charge on any atom is 0.322 e. The third-order valence-electron chi connectivity index (χ3n) is 3.92. The van der Waals surface area contributed by atoms with Gasteiger partial charge >= 0.3 is 6.03 Å². The summed E-state index contributed by atoms with van der Waals surface area (Å²) in [6, 6.07) is 4.27. The van der Waals surface area contributed by atoms with Crippen molar-refractivity contribution in [2.45, 2.75) is 25.8 Å². The first-order valence-corrected chi connectivity index (χ1v) is 7.64. The van der Waals surface area contributed by atoms with Crippen LogP contribution in [0.5, 0.6) is 0 Å². The van der Waals surface area contributed by atoms with Crippen LogP contribution < -0.4 is 10.2 Å². The van der Waals surface area contributed by atoms with Crippen molar-refractivity contribution in [3.8, 4) is 0 Å². The minimum Gasteiger partial charge on any atom is -0.378 e. The molecular formula is C15H22N4O2. The molecule has 2 aliphatic rings. The smallest absolute Gasteiger partial charge is 0.322 e. The molecule has 0 aromatic carbocycles. The maximum absolute atomic E-state index is 12.2. The van der Waals surface area contributed by atoms with Gasteiger partial charge in [0.15, 0.2) is 0 Å². The zero-order valence-electron chi connectivity index (χ0n) is 12.4. The molecule has 0 atom stereocenters. The van der Waals surface area contributed by atoms with Gasteiger partial charge in [0, 0.05) is 25.7 Å². The molecule has 3 rings (SSSR count). The fourth-order valence-corrected chi connectivity index (χ4v) is 2.59. The zero-order valence-corrected chi connectivity index (χ0v) is 12.4. The van der Waals surface area contributed by atoms with Gasteiger partial charge in [0.25, 0.3) is 0 Å². The third kappa shape index (κ3) is 3.44. The fraction of sp³-hybridized carbons (Fsp3) is 0.600. The normalized spacial score (nSPS) is 18.4. The second-order valence-electron chi connectivity index (χ2n) is 5.45. The second kappa shape index (κ2) is 6.30. The molecule has 2 amide bonds. The number of hydrogen-bond acceptors (Lipinski definition) is 4. The van der Waals surface area contributed by atoms with E-state index in [-0.39, 0.29) is 6.03 Å². The summed E-state index contributed by atoms with van der Waals surface area (Å²) in [7, 11) is 0. The van der Waals surface area contributed by atoms with Crippen LogP contribution in [0.4, 0.5) is 16.3 Å². The zero-order chi connectivity index (χ0) is 14.7. The van der Waals surface area contributed by atoms with Crippen LogP contribution in [-0.4, -0.2) is 54.8 Å². The molecule has 6 nitrogen and oxygen atoms in total. The van der Waals surface area contributed by atoms with E-state index in [4.69, 9.17) is 4.74 Å². The highest BCUT2D eigenvalue weighted by Gasteiger charge is 2.31. The van der Waals surface area contributed by atoms with Crippen LogP contribution in [0.3, 0.4) is 0 Å². The van der Waals surface area contributed by atoms with Gasteiger partial charge in [-0.2, -0.15) is 0 Å². The molecule has 2 heterocycles. The third-order valence-corrected chi connectivity index (χ3v) is 3.92. The molecule has 1 aliphatic heterocycles. The van der Waals surface area contributed by atoms with Crippen molar-refractivity contribution in [3.05, 3.63) is 18.3 Å². The molecule has 1 aromatic rings. The first-order chi connectivity index (χ1) is 10.3. The van der Waals surface area contributed by atoms with Gasteiger partial charge in [0.05, 0.1) is 25.1 Å². The van der Waals surface area contributed by atoms with Gasteiger partial charge in [-0.05, 0) is 31.9 Å². The number of nitrogens with one attached hydrogen (secondary N) is 1. The number of morpholine rings is 1. The number of ether oxygens (including phenoxy) is 1. The summed E-state index contributed by atoms with van der Waals surface area (Å²) >= 11 is 0. The SMILES string of the molecule is CCN(C(=O)Nc1ccc(N2CCOCC2)nc1)C1CC1. The standard InChI is InChI=1S/C15H22N4O2/c1-2-19(13-4-5-13)15(20)17-12-3-6-14(16-11-12)18-7-9-21-10-8-18/h3,6,11,13H,2,4-5,7-10H2,1H3,(H,17,20). The molecular weight excluding hydrogens is 268 g/mol. The van der Waals surface area contributed by atoms with Gasteiger partial charge in [-0.3, -0.25) is 0 Å². The summed E-state index contributed by atoms with van der Waals surface area (Å²) < 4.78 is 5.33. The first kappa shape index (κ1) is 14.1. The Balaban J connectivity index is 1.59. The van der Waals surface area contributed by atoms with E-state index in [0.717, 1.165) is 57.2 Å². The van der Waals surface area contributed by atoms with E-state index in [2.05, 4.69) is 15.2 Å². The number of carbonyl (C=O) groups excluding carboxylic acids is 1. The molecule has 1 aromatic heterocycles. The number of nitrogens with zero attached hydrogens (tertiary/aromatic N) is 3. The molecule has 0 bridgehead atoms. The molecule has 0 unspecified atom stereocenters. The van der Waals surface area contributed by atoms with Crippen molar-refractivity contribution < 1.29 is 9.53 Å². The van der Waals surface area contributed by atoms with Crippen LogP contribution >= 0.6 is 0 Å². The van der Waals surface area contributed by atoms with Gasteiger partial charge in [-0.25, -0.2) is 9.78 Å². The van der Waals surface area contributed by atoms with Crippen molar-refractivity contribution in [1.29, 1.82) is 0 Å². The molecule has 6 heteroatoms. The van der Waals surface area contributed by atoms with Crippen molar-refractivity contribution >= 4 is 17.5 Å². The molecule has 114 valence electrons. The van der Waals surface area contributed by atoms with Crippen molar-refractivity contribution in [2.24, 2.45) is 0 Å². The summed E-state index contributed by atoms with van der Waals surface area (Å²) in [4.78, 5) is 20.7. The predicted octanol–water partition coefficient (Wildman–Crippen LogP) is 1.93. The Bertz CT molecular complexity index is 481. The predicted molar refractivity (Wildman–Crippen MR) is 81.7 cm³/mol. The van der Waals surface area contributed by atoms with Gasteiger partial charge < -0.3 is 19.9 Å². The van der Waals surface area contributed by atoms with Crippen LogP contribution in [0.2, 0.25) is 0 Å². The minimum absolute atomic E-state index is 0.0269. The number of anilines is 2. The number of rotatable bonds is 4. The number of amides is 2. The average molecular weight is 290 g/mol. The summed E-state index contributed by atoms with van der Waals surface area (Å²) in [5, 5.41) is 2.93. The van der Waals surface area contributed by atoms with Gasteiger partial charge in [-0.1, -0.05) is 0 Å².